The van der Waals surface area contributed by atoms with Crippen molar-refractivity contribution in [3.8, 4) is 0 Å². The molecule has 1 saturated heterocycles. The number of piperidine rings is 1. The zero-order valence-corrected chi connectivity index (χ0v) is 17.7. The number of benzene rings is 1. The molecule has 1 amide bonds. The first-order valence-corrected chi connectivity index (χ1v) is 11.4. The molecular weight excluding hydrogens is 407 g/mol. The van der Waals surface area contributed by atoms with E-state index >= 15 is 0 Å². The lowest BCUT2D eigenvalue weighted by molar-refractivity contribution is -0.137. The quantitative estimate of drug-likeness (QED) is 0.711. The van der Waals surface area contributed by atoms with Crippen LogP contribution in [0.2, 0.25) is 0 Å². The van der Waals surface area contributed by atoms with E-state index in [2.05, 4.69) is 5.32 Å². The summed E-state index contributed by atoms with van der Waals surface area (Å²) in [6.07, 6.45) is -3.84. The number of nitrogens with zero attached hydrogens (tertiary/aromatic N) is 2. The second-order valence-electron chi connectivity index (χ2n) is 6.97. The largest absolute Gasteiger partial charge is 0.416 e. The van der Waals surface area contributed by atoms with Crippen LogP contribution < -0.4 is 10.2 Å². The number of sulfonamides is 1. The highest BCUT2D eigenvalue weighted by molar-refractivity contribution is 7.89. The molecule has 1 aliphatic rings. The van der Waals surface area contributed by atoms with E-state index in [0.717, 1.165) is 12.1 Å². The van der Waals surface area contributed by atoms with Crippen LogP contribution in [-0.2, 0) is 21.0 Å². The van der Waals surface area contributed by atoms with Crippen LogP contribution in [0.5, 0.6) is 0 Å². The zero-order valence-electron chi connectivity index (χ0n) is 16.9. The highest BCUT2D eigenvalue weighted by Crippen LogP contribution is 2.36. The van der Waals surface area contributed by atoms with Crippen molar-refractivity contribution in [2.75, 3.05) is 42.1 Å². The molecular formula is C19H28F3N3O3S. The third-order valence-electron chi connectivity index (χ3n) is 5.27. The van der Waals surface area contributed by atoms with Crippen LogP contribution in [0.15, 0.2) is 18.2 Å². The minimum atomic E-state index is -4.51. The molecule has 6 nitrogen and oxygen atoms in total. The Bertz CT molecular complexity index is 816. The molecule has 1 aliphatic heterocycles. The van der Waals surface area contributed by atoms with Crippen molar-refractivity contribution in [1.29, 1.82) is 0 Å². The number of nitrogens with one attached hydrogen (secondary N) is 1. The molecule has 1 fully saturated rings. The predicted octanol–water partition coefficient (Wildman–Crippen LogP) is 3.55. The molecule has 2 rings (SSSR count). The van der Waals surface area contributed by atoms with Gasteiger partial charge in [0.05, 0.1) is 22.7 Å². The molecule has 164 valence electrons. The van der Waals surface area contributed by atoms with Crippen molar-refractivity contribution in [3.63, 3.8) is 0 Å². The lowest BCUT2D eigenvalue weighted by atomic mass is 9.97. The Morgan fingerprint density at radius 3 is 2.24 bits per heavy atom. The maximum Gasteiger partial charge on any atom is 0.416 e. The second kappa shape index (κ2) is 9.34. The van der Waals surface area contributed by atoms with Crippen LogP contribution >= 0.6 is 0 Å². The molecule has 0 aromatic heterocycles. The molecule has 0 bridgehead atoms. The standard InChI is InChI=1S/C19H28F3N3O3S/c1-4-24(5-2)17-8-7-15(19(20,21)22)13-16(17)23-18(26)14-9-11-25(12-10-14)29(27,28)6-3/h7-8,13-14H,4-6,9-12H2,1-3H3,(H,23,26). The Labute approximate surface area is 170 Å². The molecule has 29 heavy (non-hydrogen) atoms. The first kappa shape index (κ1) is 23.5. The van der Waals surface area contributed by atoms with Crippen molar-refractivity contribution >= 4 is 27.3 Å². The first-order chi connectivity index (χ1) is 13.5. The van der Waals surface area contributed by atoms with Gasteiger partial charge in [-0.15, -0.1) is 0 Å². The van der Waals surface area contributed by atoms with Gasteiger partial charge in [0.1, 0.15) is 0 Å². The van der Waals surface area contributed by atoms with Gasteiger partial charge in [0.25, 0.3) is 0 Å². The third kappa shape index (κ3) is 5.63. The average Bonchev–Trinajstić information content (AvgIpc) is 2.69. The van der Waals surface area contributed by atoms with Gasteiger partial charge in [0, 0.05) is 32.1 Å². The molecule has 1 aromatic carbocycles. The molecule has 1 N–H and O–H groups in total. The van der Waals surface area contributed by atoms with Gasteiger partial charge in [-0.2, -0.15) is 13.2 Å². The number of alkyl halides is 3. The topological polar surface area (TPSA) is 69.7 Å². The van der Waals surface area contributed by atoms with Crippen LogP contribution in [0.1, 0.15) is 39.2 Å². The number of carbonyl (C=O) groups excluding carboxylic acids is 1. The normalized spacial score (nSPS) is 16.6. The molecule has 0 saturated carbocycles. The summed E-state index contributed by atoms with van der Waals surface area (Å²) >= 11 is 0. The van der Waals surface area contributed by atoms with E-state index in [1.54, 1.807) is 6.92 Å². The van der Waals surface area contributed by atoms with E-state index in [1.165, 1.54) is 10.4 Å². The Morgan fingerprint density at radius 2 is 1.76 bits per heavy atom. The number of rotatable bonds is 7. The molecule has 10 heteroatoms. The van der Waals surface area contributed by atoms with Crippen molar-refractivity contribution in [3.05, 3.63) is 23.8 Å². The number of amides is 1. The van der Waals surface area contributed by atoms with Gasteiger partial charge in [-0.05, 0) is 51.8 Å². The van der Waals surface area contributed by atoms with Gasteiger partial charge < -0.3 is 10.2 Å². The predicted molar refractivity (Wildman–Crippen MR) is 107 cm³/mol. The highest BCUT2D eigenvalue weighted by Gasteiger charge is 2.33. The van der Waals surface area contributed by atoms with E-state index in [9.17, 15) is 26.4 Å². The maximum atomic E-state index is 13.2. The summed E-state index contributed by atoms with van der Waals surface area (Å²) in [5, 5.41) is 2.66. The summed E-state index contributed by atoms with van der Waals surface area (Å²) in [5.41, 5.74) is -0.174. The Kier molecular flexibility index (Phi) is 7.56. The second-order valence-corrected chi connectivity index (χ2v) is 9.22. The van der Waals surface area contributed by atoms with Gasteiger partial charge in [0.2, 0.25) is 15.9 Å². The minimum absolute atomic E-state index is 0.00132. The van der Waals surface area contributed by atoms with Gasteiger partial charge >= 0.3 is 6.18 Å². The summed E-state index contributed by atoms with van der Waals surface area (Å²) in [6, 6.07) is 3.35. The van der Waals surface area contributed by atoms with Crippen molar-refractivity contribution in [2.45, 2.75) is 39.8 Å². The molecule has 0 unspecified atom stereocenters. The SMILES string of the molecule is CCN(CC)c1ccc(C(F)(F)F)cc1NC(=O)C1CCN(S(=O)(=O)CC)CC1. The molecule has 1 aromatic rings. The zero-order chi connectivity index (χ0) is 21.8. The van der Waals surface area contributed by atoms with Gasteiger partial charge in [-0.3, -0.25) is 4.79 Å². The van der Waals surface area contributed by atoms with Crippen molar-refractivity contribution in [1.82, 2.24) is 4.31 Å². The number of hydrogen-bond donors (Lipinski definition) is 1. The minimum Gasteiger partial charge on any atom is -0.370 e. The van der Waals surface area contributed by atoms with E-state index in [1.807, 2.05) is 18.7 Å². The van der Waals surface area contributed by atoms with Crippen LogP contribution in [0, 0.1) is 5.92 Å². The number of halogens is 3. The smallest absolute Gasteiger partial charge is 0.370 e. The van der Waals surface area contributed by atoms with Crippen LogP contribution in [0.4, 0.5) is 24.5 Å². The molecule has 0 radical (unpaired) electrons. The fourth-order valence-corrected chi connectivity index (χ4v) is 4.60. The lowest BCUT2D eigenvalue weighted by Gasteiger charge is -2.31. The summed E-state index contributed by atoms with van der Waals surface area (Å²) in [7, 11) is -3.31. The summed E-state index contributed by atoms with van der Waals surface area (Å²) in [4.78, 5) is 14.6. The first-order valence-electron chi connectivity index (χ1n) is 9.78. The number of hydrogen-bond acceptors (Lipinski definition) is 4. The highest BCUT2D eigenvalue weighted by atomic mass is 32.2. The fraction of sp³-hybridized carbons (Fsp3) is 0.632. The Balaban J connectivity index is 2.20. The fourth-order valence-electron chi connectivity index (χ4n) is 3.47. The van der Waals surface area contributed by atoms with Crippen molar-refractivity contribution in [2.24, 2.45) is 5.92 Å². The number of anilines is 2. The summed E-state index contributed by atoms with van der Waals surface area (Å²) < 4.78 is 64.7. The monoisotopic (exact) mass is 435 g/mol. The lowest BCUT2D eigenvalue weighted by Crippen LogP contribution is -2.42. The summed E-state index contributed by atoms with van der Waals surface area (Å²) in [6.45, 7) is 6.97. The summed E-state index contributed by atoms with van der Waals surface area (Å²) in [5.74, 6) is -0.829. The third-order valence-corrected chi connectivity index (χ3v) is 7.15. The average molecular weight is 436 g/mol. The number of carbonyl (C=O) groups is 1. The maximum absolute atomic E-state index is 13.2. The van der Waals surface area contributed by atoms with Crippen LogP contribution in [-0.4, -0.2) is 50.6 Å². The molecule has 1 heterocycles. The molecule has 0 atom stereocenters. The molecule has 0 aliphatic carbocycles. The molecule has 0 spiro atoms. The van der Waals surface area contributed by atoms with Crippen LogP contribution in [0.3, 0.4) is 0 Å². The Morgan fingerprint density at radius 1 is 1.17 bits per heavy atom. The van der Waals surface area contributed by atoms with E-state index in [4.69, 9.17) is 0 Å². The van der Waals surface area contributed by atoms with Gasteiger partial charge in [-0.1, -0.05) is 0 Å². The Hall–Kier alpha value is -1.81. The van der Waals surface area contributed by atoms with Crippen LogP contribution in [0.25, 0.3) is 0 Å². The van der Waals surface area contributed by atoms with E-state index < -0.39 is 27.7 Å². The van der Waals surface area contributed by atoms with E-state index in [0.29, 0.717) is 31.6 Å². The van der Waals surface area contributed by atoms with E-state index in [-0.39, 0.29) is 30.4 Å². The van der Waals surface area contributed by atoms with Crippen molar-refractivity contribution < 1.29 is 26.4 Å². The van der Waals surface area contributed by atoms with Gasteiger partial charge in [0.15, 0.2) is 0 Å². The van der Waals surface area contributed by atoms with Gasteiger partial charge in [-0.25, -0.2) is 12.7 Å².